The number of benzene rings is 3. The van der Waals surface area contributed by atoms with Crippen molar-refractivity contribution in [1.82, 2.24) is 15.4 Å². The second-order valence-corrected chi connectivity index (χ2v) is 11.3. The molecular formula is C28H29N5O3S. The van der Waals surface area contributed by atoms with Crippen molar-refractivity contribution in [1.29, 1.82) is 0 Å². The number of aromatic nitrogens is 2. The Morgan fingerprint density at radius 2 is 1.76 bits per heavy atom. The molecule has 1 heterocycles. The third-order valence-electron chi connectivity index (χ3n) is 6.54. The lowest BCUT2D eigenvalue weighted by molar-refractivity contribution is 0.235. The van der Waals surface area contributed by atoms with Gasteiger partial charge in [-0.1, -0.05) is 60.9 Å². The van der Waals surface area contributed by atoms with Gasteiger partial charge in [-0.15, -0.1) is 0 Å². The predicted octanol–water partition coefficient (Wildman–Crippen LogP) is 5.32. The monoisotopic (exact) mass is 515 g/mol. The smallest absolute Gasteiger partial charge is 0.253 e. The summed E-state index contributed by atoms with van der Waals surface area (Å²) in [5.41, 5.74) is 4.96. The number of aryl methyl sites for hydroxylation is 1. The molecule has 5 rings (SSSR count). The molecule has 1 aliphatic carbocycles. The van der Waals surface area contributed by atoms with Gasteiger partial charge in [0.05, 0.1) is 16.2 Å². The van der Waals surface area contributed by atoms with E-state index in [1.807, 2.05) is 31.2 Å². The Labute approximate surface area is 216 Å². The molecule has 0 radical (unpaired) electrons. The van der Waals surface area contributed by atoms with E-state index >= 15 is 0 Å². The van der Waals surface area contributed by atoms with Crippen LogP contribution in [0.2, 0.25) is 0 Å². The maximum Gasteiger partial charge on any atom is 0.253 e. The van der Waals surface area contributed by atoms with Gasteiger partial charge < -0.3 is 5.32 Å². The average molecular weight is 516 g/mol. The van der Waals surface area contributed by atoms with Crippen LogP contribution in [-0.4, -0.2) is 35.5 Å². The summed E-state index contributed by atoms with van der Waals surface area (Å²) in [7, 11) is -3.54. The minimum Gasteiger partial charge on any atom is -0.367 e. The number of hydrogen-bond acceptors (Lipinski definition) is 7. The van der Waals surface area contributed by atoms with Gasteiger partial charge in [-0.2, -0.15) is 9.98 Å². The number of aliphatic imine (C=N–C) groups is 1. The number of anilines is 1. The van der Waals surface area contributed by atoms with Gasteiger partial charge >= 0.3 is 0 Å². The fraction of sp³-hybridized carbons (Fsp3) is 0.250. The molecule has 1 aromatic heterocycles. The number of fused-ring (bicyclic) bond motifs is 1. The molecule has 9 heteroatoms. The fourth-order valence-corrected chi connectivity index (χ4v) is 5.93. The summed E-state index contributed by atoms with van der Waals surface area (Å²) in [6, 6.07) is 21.8. The molecule has 0 amide bonds. The zero-order valence-corrected chi connectivity index (χ0v) is 21.4. The normalized spacial score (nSPS) is 14.7. The first-order chi connectivity index (χ1) is 17.9. The number of para-hydroxylation sites is 1. The van der Waals surface area contributed by atoms with Crippen LogP contribution in [0.5, 0.6) is 0 Å². The maximum absolute atomic E-state index is 12.9. The lowest BCUT2D eigenvalue weighted by Crippen LogP contribution is -2.21. The molecule has 8 nitrogen and oxygen atoms in total. The highest BCUT2D eigenvalue weighted by atomic mass is 32.2. The van der Waals surface area contributed by atoms with Crippen molar-refractivity contribution in [2.24, 2.45) is 4.99 Å². The topological polar surface area (TPSA) is 117 Å². The average Bonchev–Trinajstić information content (AvgIpc) is 3.40. The number of nitrogens with one attached hydrogen (secondary N) is 2. The quantitative estimate of drug-likeness (QED) is 0.173. The van der Waals surface area contributed by atoms with Crippen LogP contribution in [0.3, 0.4) is 0 Å². The molecule has 3 aromatic carbocycles. The second kappa shape index (κ2) is 10.7. The summed E-state index contributed by atoms with van der Waals surface area (Å²) in [6.07, 6.45) is 4.58. The number of nitrogens with zero attached hydrogens (tertiary/aromatic N) is 3. The SMILES string of the molecule is Cc1ccc(S(=O)(=O)Cc2cccc(C(=Nc3nc(NC4CCCC4)c4ccccc4n3)NO)c2)cc1. The zero-order valence-electron chi connectivity index (χ0n) is 20.6. The first kappa shape index (κ1) is 24.9. The van der Waals surface area contributed by atoms with Crippen LogP contribution in [0.1, 0.15) is 42.4 Å². The zero-order chi connectivity index (χ0) is 25.8. The van der Waals surface area contributed by atoms with E-state index in [1.165, 1.54) is 12.8 Å². The van der Waals surface area contributed by atoms with Gasteiger partial charge in [0.2, 0.25) is 0 Å². The van der Waals surface area contributed by atoms with Gasteiger partial charge in [-0.25, -0.2) is 13.4 Å². The van der Waals surface area contributed by atoms with Crippen LogP contribution >= 0.6 is 0 Å². The van der Waals surface area contributed by atoms with Crippen molar-refractivity contribution in [3.8, 4) is 0 Å². The number of amidine groups is 1. The third kappa shape index (κ3) is 5.79. The molecule has 0 spiro atoms. The first-order valence-electron chi connectivity index (χ1n) is 12.3. The Morgan fingerprint density at radius 3 is 2.51 bits per heavy atom. The molecule has 1 aliphatic rings. The minimum atomic E-state index is -3.54. The molecule has 0 unspecified atom stereocenters. The van der Waals surface area contributed by atoms with E-state index in [2.05, 4.69) is 25.8 Å². The Balaban J connectivity index is 1.46. The Kier molecular flexibility index (Phi) is 7.16. The van der Waals surface area contributed by atoms with E-state index in [9.17, 15) is 13.6 Å². The van der Waals surface area contributed by atoms with Crippen LogP contribution in [-0.2, 0) is 15.6 Å². The van der Waals surface area contributed by atoms with Gasteiger partial charge in [-0.3, -0.25) is 10.7 Å². The summed E-state index contributed by atoms with van der Waals surface area (Å²) in [6.45, 7) is 1.91. The molecule has 190 valence electrons. The molecule has 1 fully saturated rings. The van der Waals surface area contributed by atoms with Crippen molar-refractivity contribution in [3.63, 3.8) is 0 Å². The highest BCUT2D eigenvalue weighted by Crippen LogP contribution is 2.28. The molecule has 0 atom stereocenters. The summed E-state index contributed by atoms with van der Waals surface area (Å²) in [5, 5.41) is 14.4. The van der Waals surface area contributed by atoms with Gasteiger partial charge in [0, 0.05) is 17.0 Å². The number of hydrogen-bond donors (Lipinski definition) is 3. The van der Waals surface area contributed by atoms with Crippen molar-refractivity contribution in [2.75, 3.05) is 5.32 Å². The minimum absolute atomic E-state index is 0.122. The lowest BCUT2D eigenvalue weighted by atomic mass is 10.1. The first-order valence-corrected chi connectivity index (χ1v) is 14.0. The van der Waals surface area contributed by atoms with Gasteiger partial charge in [0.25, 0.3) is 5.95 Å². The van der Waals surface area contributed by atoms with Crippen LogP contribution in [0, 0.1) is 6.92 Å². The van der Waals surface area contributed by atoms with E-state index < -0.39 is 9.84 Å². The highest BCUT2D eigenvalue weighted by molar-refractivity contribution is 7.90. The number of rotatable bonds is 7. The molecule has 0 saturated heterocycles. The van der Waals surface area contributed by atoms with Crippen LogP contribution in [0.15, 0.2) is 82.7 Å². The summed E-state index contributed by atoms with van der Waals surface area (Å²) in [5.74, 6) is 0.849. The van der Waals surface area contributed by atoms with E-state index in [4.69, 9.17) is 0 Å². The molecule has 0 bridgehead atoms. The van der Waals surface area contributed by atoms with Crippen molar-refractivity contribution in [3.05, 3.63) is 89.5 Å². The number of sulfone groups is 1. The summed E-state index contributed by atoms with van der Waals surface area (Å²) in [4.78, 5) is 14.0. The molecule has 37 heavy (non-hydrogen) atoms. The molecular weight excluding hydrogens is 486 g/mol. The maximum atomic E-state index is 12.9. The van der Waals surface area contributed by atoms with Crippen LogP contribution in [0.4, 0.5) is 11.8 Å². The van der Waals surface area contributed by atoms with Gasteiger partial charge in [-0.05, 0) is 55.7 Å². The highest BCUT2D eigenvalue weighted by Gasteiger charge is 2.18. The second-order valence-electron chi connectivity index (χ2n) is 9.36. The predicted molar refractivity (Wildman–Crippen MR) is 145 cm³/mol. The Bertz CT molecular complexity index is 1550. The van der Waals surface area contributed by atoms with Crippen molar-refractivity contribution in [2.45, 2.75) is 49.3 Å². The van der Waals surface area contributed by atoms with E-state index in [0.717, 1.165) is 29.3 Å². The Hall–Kier alpha value is -3.82. The van der Waals surface area contributed by atoms with E-state index in [-0.39, 0.29) is 22.4 Å². The summed E-state index contributed by atoms with van der Waals surface area (Å²) >= 11 is 0. The van der Waals surface area contributed by atoms with Gasteiger partial charge in [0.15, 0.2) is 15.7 Å². The number of hydroxylamine groups is 1. The molecule has 0 aliphatic heterocycles. The standard InChI is InChI=1S/C28H29N5O3S/c1-19-13-15-23(16-14-19)37(35,36)18-20-7-6-8-21(17-20)26(33-34)31-28-30-25-12-5-4-11-24(25)27(32-28)29-22-9-2-3-10-22/h4-8,11-17,22,34H,2-3,9-10,18H2,1H3,(H2,29,30,31,32,33). The lowest BCUT2D eigenvalue weighted by Gasteiger charge is -2.15. The van der Waals surface area contributed by atoms with Crippen molar-refractivity contribution >= 4 is 38.3 Å². The largest absolute Gasteiger partial charge is 0.367 e. The molecule has 1 saturated carbocycles. The Morgan fingerprint density at radius 1 is 1.00 bits per heavy atom. The summed E-state index contributed by atoms with van der Waals surface area (Å²) < 4.78 is 25.9. The molecule has 4 aromatic rings. The van der Waals surface area contributed by atoms with E-state index in [1.54, 1.807) is 48.5 Å². The van der Waals surface area contributed by atoms with E-state index in [0.29, 0.717) is 23.0 Å². The van der Waals surface area contributed by atoms with Gasteiger partial charge in [0.1, 0.15) is 5.82 Å². The molecule has 3 N–H and O–H groups in total. The fourth-order valence-electron chi connectivity index (χ4n) is 4.60. The third-order valence-corrected chi connectivity index (χ3v) is 8.25. The van der Waals surface area contributed by atoms with Crippen LogP contribution in [0.25, 0.3) is 10.9 Å². The van der Waals surface area contributed by atoms with Crippen LogP contribution < -0.4 is 10.8 Å². The van der Waals surface area contributed by atoms with Crippen molar-refractivity contribution < 1.29 is 13.6 Å².